The van der Waals surface area contributed by atoms with E-state index in [0.717, 1.165) is 47.6 Å². The Morgan fingerprint density at radius 1 is 1.26 bits per heavy atom. The maximum Gasteiger partial charge on any atom is 0.351 e. The summed E-state index contributed by atoms with van der Waals surface area (Å²) in [6, 6.07) is 7.69. The molecule has 0 amide bonds. The molecule has 0 unspecified atom stereocenters. The standard InChI is InChI=1S/C25H23FN8O/c1-15-16(2)34-23(31-33(24(34)35)14-25(13-27)6-7-25)30-22(15)32-9-5-20-18(12-32)10-17(11-29-20)19-4-3-8-28-21(19)26/h3-4,8,10-11H,5-7,9,12,14H2,1-2H3. The summed E-state index contributed by atoms with van der Waals surface area (Å²) < 4.78 is 17.1. The fraction of sp³-hybridized carbons (Fsp3) is 0.360. The van der Waals surface area contributed by atoms with Crippen molar-refractivity contribution in [3.63, 3.8) is 0 Å². The molecule has 0 bridgehead atoms. The minimum Gasteiger partial charge on any atom is -0.351 e. The van der Waals surface area contributed by atoms with Crippen molar-refractivity contribution < 1.29 is 4.39 Å². The molecule has 4 aromatic heterocycles. The molecular formula is C25H23FN8O. The normalized spacial score (nSPS) is 16.2. The molecule has 6 rings (SSSR count). The van der Waals surface area contributed by atoms with Gasteiger partial charge in [-0.25, -0.2) is 18.9 Å². The smallest absolute Gasteiger partial charge is 0.351 e. The molecular weight excluding hydrogens is 447 g/mol. The molecule has 10 heteroatoms. The molecule has 1 aliphatic heterocycles. The van der Waals surface area contributed by atoms with Crippen LogP contribution in [0.4, 0.5) is 10.2 Å². The van der Waals surface area contributed by atoms with E-state index in [-0.39, 0.29) is 12.2 Å². The lowest BCUT2D eigenvalue weighted by Gasteiger charge is -2.31. The van der Waals surface area contributed by atoms with Crippen molar-refractivity contribution in [3.8, 4) is 17.2 Å². The fourth-order valence-electron chi connectivity index (χ4n) is 4.78. The third-order valence-electron chi connectivity index (χ3n) is 7.19. The SMILES string of the molecule is Cc1c(N2CCc3ncc(-c4cccnc4F)cc3C2)nc2nn(CC3(C#N)CC3)c(=O)n2c1C. The molecule has 0 atom stereocenters. The van der Waals surface area contributed by atoms with Gasteiger partial charge in [-0.05, 0) is 50.5 Å². The number of pyridine rings is 2. The van der Waals surface area contributed by atoms with E-state index >= 15 is 0 Å². The average molecular weight is 471 g/mol. The summed E-state index contributed by atoms with van der Waals surface area (Å²) in [5.74, 6) is 0.569. The number of nitrogens with zero attached hydrogens (tertiary/aromatic N) is 8. The Labute approximate surface area is 200 Å². The molecule has 9 nitrogen and oxygen atoms in total. The zero-order valence-electron chi connectivity index (χ0n) is 19.5. The largest absolute Gasteiger partial charge is 0.351 e. The quantitative estimate of drug-likeness (QED) is 0.422. The van der Waals surface area contributed by atoms with Gasteiger partial charge < -0.3 is 4.90 Å². The van der Waals surface area contributed by atoms with Crippen molar-refractivity contribution in [1.29, 1.82) is 5.26 Å². The molecule has 0 radical (unpaired) electrons. The number of nitriles is 1. The highest BCUT2D eigenvalue weighted by Crippen LogP contribution is 2.46. The number of anilines is 1. The highest BCUT2D eigenvalue weighted by Gasteiger charge is 2.44. The Morgan fingerprint density at radius 2 is 2.09 bits per heavy atom. The van der Waals surface area contributed by atoms with Crippen LogP contribution in [0.15, 0.2) is 35.4 Å². The number of aromatic nitrogens is 6. The fourth-order valence-corrected chi connectivity index (χ4v) is 4.78. The topological polar surface area (TPSA) is 105 Å². The molecule has 2 aliphatic rings. The lowest BCUT2D eigenvalue weighted by molar-refractivity contribution is 0.472. The number of rotatable bonds is 4. The van der Waals surface area contributed by atoms with Crippen LogP contribution >= 0.6 is 0 Å². The second-order valence-electron chi connectivity index (χ2n) is 9.46. The van der Waals surface area contributed by atoms with E-state index in [2.05, 4.69) is 26.0 Å². The molecule has 0 aromatic carbocycles. The van der Waals surface area contributed by atoms with Gasteiger partial charge in [-0.1, -0.05) is 0 Å². The van der Waals surface area contributed by atoms with Crippen LogP contribution in [0.3, 0.4) is 0 Å². The molecule has 0 saturated heterocycles. The van der Waals surface area contributed by atoms with Gasteiger partial charge in [-0.3, -0.25) is 4.98 Å². The summed E-state index contributed by atoms with van der Waals surface area (Å²) in [7, 11) is 0. The third-order valence-corrected chi connectivity index (χ3v) is 7.19. The maximum absolute atomic E-state index is 14.2. The number of aryl methyl sites for hydroxylation is 1. The monoisotopic (exact) mass is 470 g/mol. The van der Waals surface area contributed by atoms with Crippen LogP contribution in [-0.4, -0.2) is 35.7 Å². The second-order valence-corrected chi connectivity index (χ2v) is 9.46. The first-order valence-electron chi connectivity index (χ1n) is 11.6. The summed E-state index contributed by atoms with van der Waals surface area (Å²) in [5, 5.41) is 13.9. The highest BCUT2D eigenvalue weighted by atomic mass is 19.1. The Balaban J connectivity index is 1.37. The van der Waals surface area contributed by atoms with E-state index in [0.29, 0.717) is 30.0 Å². The van der Waals surface area contributed by atoms with Gasteiger partial charge in [0.2, 0.25) is 5.95 Å². The Morgan fingerprint density at radius 3 is 2.83 bits per heavy atom. The van der Waals surface area contributed by atoms with Gasteiger partial charge in [-0.15, -0.1) is 5.10 Å². The van der Waals surface area contributed by atoms with Crippen molar-refractivity contribution in [2.75, 3.05) is 11.4 Å². The van der Waals surface area contributed by atoms with E-state index in [1.54, 1.807) is 18.3 Å². The summed E-state index contributed by atoms with van der Waals surface area (Å²) in [4.78, 5) is 28.3. The van der Waals surface area contributed by atoms with Gasteiger partial charge in [0.25, 0.3) is 5.78 Å². The first kappa shape index (κ1) is 21.4. The van der Waals surface area contributed by atoms with Crippen molar-refractivity contribution in [3.05, 3.63) is 69.5 Å². The van der Waals surface area contributed by atoms with Crippen LogP contribution in [0.1, 0.15) is 35.4 Å². The van der Waals surface area contributed by atoms with Gasteiger partial charge in [-0.2, -0.15) is 14.6 Å². The molecule has 0 N–H and O–H groups in total. The van der Waals surface area contributed by atoms with Crippen LogP contribution in [0, 0.1) is 36.5 Å². The second kappa shape index (κ2) is 7.70. The Hall–Kier alpha value is -4.13. The summed E-state index contributed by atoms with van der Waals surface area (Å²) in [5.41, 5.74) is 4.01. The van der Waals surface area contributed by atoms with E-state index in [1.807, 2.05) is 19.9 Å². The van der Waals surface area contributed by atoms with Crippen LogP contribution < -0.4 is 10.6 Å². The summed E-state index contributed by atoms with van der Waals surface area (Å²) >= 11 is 0. The van der Waals surface area contributed by atoms with Crippen molar-refractivity contribution in [2.45, 2.75) is 46.2 Å². The molecule has 35 heavy (non-hydrogen) atoms. The number of halogens is 1. The van der Waals surface area contributed by atoms with Crippen LogP contribution in [0.2, 0.25) is 0 Å². The zero-order valence-corrected chi connectivity index (χ0v) is 19.5. The molecule has 1 fully saturated rings. The average Bonchev–Trinajstić information content (AvgIpc) is 3.58. The van der Waals surface area contributed by atoms with Gasteiger partial charge in [0.15, 0.2) is 0 Å². The van der Waals surface area contributed by atoms with Gasteiger partial charge in [0.05, 0.1) is 18.0 Å². The molecule has 4 aromatic rings. The summed E-state index contributed by atoms with van der Waals surface area (Å²) in [6.07, 6.45) is 5.42. The maximum atomic E-state index is 14.2. The van der Waals surface area contributed by atoms with Gasteiger partial charge in [0, 0.05) is 60.0 Å². The summed E-state index contributed by atoms with van der Waals surface area (Å²) in [6.45, 7) is 5.40. The lowest BCUT2D eigenvalue weighted by atomic mass is 10.0. The van der Waals surface area contributed by atoms with Crippen molar-refractivity contribution in [2.24, 2.45) is 5.41 Å². The number of fused-ring (bicyclic) bond motifs is 2. The van der Waals surface area contributed by atoms with E-state index in [1.165, 1.54) is 15.3 Å². The first-order valence-corrected chi connectivity index (χ1v) is 11.6. The lowest BCUT2D eigenvalue weighted by Crippen LogP contribution is -2.33. The highest BCUT2D eigenvalue weighted by molar-refractivity contribution is 5.64. The molecule has 176 valence electrons. The molecule has 5 heterocycles. The van der Waals surface area contributed by atoms with Crippen LogP contribution in [0.25, 0.3) is 16.9 Å². The van der Waals surface area contributed by atoms with E-state index < -0.39 is 11.4 Å². The minimum atomic E-state index is -0.522. The zero-order chi connectivity index (χ0) is 24.3. The van der Waals surface area contributed by atoms with Crippen molar-refractivity contribution >= 4 is 11.6 Å². The minimum absolute atomic E-state index is 0.266. The van der Waals surface area contributed by atoms with Crippen LogP contribution in [-0.2, 0) is 19.5 Å². The number of hydrogen-bond donors (Lipinski definition) is 0. The molecule has 1 saturated carbocycles. The van der Waals surface area contributed by atoms with Gasteiger partial charge in [0.1, 0.15) is 5.82 Å². The van der Waals surface area contributed by atoms with E-state index in [9.17, 15) is 14.4 Å². The van der Waals surface area contributed by atoms with Crippen molar-refractivity contribution in [1.82, 2.24) is 29.1 Å². The predicted octanol–water partition coefficient (Wildman–Crippen LogP) is 2.97. The Bertz CT molecular complexity index is 1590. The third kappa shape index (κ3) is 3.46. The molecule has 0 spiro atoms. The van der Waals surface area contributed by atoms with Crippen LogP contribution in [0.5, 0.6) is 0 Å². The predicted molar refractivity (Wildman–Crippen MR) is 126 cm³/mol. The first-order chi connectivity index (χ1) is 16.9. The molecule has 1 aliphatic carbocycles. The van der Waals surface area contributed by atoms with Gasteiger partial charge >= 0.3 is 5.69 Å². The number of hydrogen-bond acceptors (Lipinski definition) is 7. The Kier molecular flexibility index (Phi) is 4.71. The van der Waals surface area contributed by atoms with E-state index in [4.69, 9.17) is 4.98 Å².